The molecule has 0 bridgehead atoms. The third-order valence-corrected chi connectivity index (χ3v) is 4.66. The smallest absolute Gasteiger partial charge is 0.280 e. The van der Waals surface area contributed by atoms with Gasteiger partial charge in [0.05, 0.1) is 0 Å². The topological polar surface area (TPSA) is 68.5 Å². The Balaban J connectivity index is 1.99. The number of nitrogens with zero attached hydrogens (tertiary/aromatic N) is 4. The molecular formula is C13H13N5OS2. The van der Waals surface area contributed by atoms with Crippen LogP contribution in [0.15, 0.2) is 34.5 Å². The molecule has 3 aromatic rings. The molecule has 0 aliphatic heterocycles. The molecule has 3 heterocycles. The first-order chi connectivity index (χ1) is 10.1. The van der Waals surface area contributed by atoms with Crippen LogP contribution < -0.4 is 5.56 Å². The zero-order chi connectivity index (χ0) is 15.0. The van der Waals surface area contributed by atoms with Gasteiger partial charge in [-0.2, -0.15) is 0 Å². The average Bonchev–Trinajstić information content (AvgIpc) is 2.94. The Hall–Kier alpha value is -1.93. The van der Waals surface area contributed by atoms with Gasteiger partial charge in [0.2, 0.25) is 0 Å². The van der Waals surface area contributed by atoms with Crippen LogP contribution in [-0.2, 0) is 19.8 Å². The van der Waals surface area contributed by atoms with Crippen molar-refractivity contribution in [3.8, 4) is 0 Å². The molecule has 0 saturated heterocycles. The van der Waals surface area contributed by atoms with E-state index >= 15 is 0 Å². The van der Waals surface area contributed by atoms with Gasteiger partial charge in [-0.15, -0.1) is 0 Å². The summed E-state index contributed by atoms with van der Waals surface area (Å²) in [5, 5.41) is 0.696. The number of thioether (sulfide) groups is 1. The lowest BCUT2D eigenvalue weighted by Gasteiger charge is -2.03. The van der Waals surface area contributed by atoms with E-state index in [1.54, 1.807) is 24.9 Å². The molecule has 0 aromatic carbocycles. The van der Waals surface area contributed by atoms with Crippen molar-refractivity contribution >= 4 is 35.1 Å². The highest BCUT2D eigenvalue weighted by Crippen LogP contribution is 2.21. The average molecular weight is 319 g/mol. The number of hydrogen-bond donors (Lipinski definition) is 1. The predicted octanol–water partition coefficient (Wildman–Crippen LogP) is 2.02. The molecule has 21 heavy (non-hydrogen) atoms. The second kappa shape index (κ2) is 5.45. The van der Waals surface area contributed by atoms with Crippen LogP contribution in [0.1, 0.15) is 5.56 Å². The van der Waals surface area contributed by atoms with Crippen LogP contribution in [-0.4, -0.2) is 24.1 Å². The van der Waals surface area contributed by atoms with Gasteiger partial charge in [0, 0.05) is 32.2 Å². The zero-order valence-corrected chi connectivity index (χ0v) is 13.2. The van der Waals surface area contributed by atoms with E-state index in [1.165, 1.54) is 16.3 Å². The number of pyridine rings is 1. The molecular weight excluding hydrogens is 306 g/mol. The molecule has 3 aromatic heterocycles. The van der Waals surface area contributed by atoms with Crippen LogP contribution in [0.2, 0.25) is 0 Å². The normalized spacial score (nSPS) is 11.1. The van der Waals surface area contributed by atoms with Gasteiger partial charge in [0.25, 0.3) is 5.56 Å². The van der Waals surface area contributed by atoms with Crippen molar-refractivity contribution in [2.75, 3.05) is 0 Å². The molecule has 0 aliphatic carbocycles. The van der Waals surface area contributed by atoms with Crippen molar-refractivity contribution in [3.05, 3.63) is 45.2 Å². The fourth-order valence-corrected chi connectivity index (χ4v) is 2.98. The highest BCUT2D eigenvalue weighted by atomic mass is 32.2. The second-order valence-electron chi connectivity index (χ2n) is 4.60. The summed E-state index contributed by atoms with van der Waals surface area (Å²) in [4.78, 5) is 23.8. The number of H-pyrrole nitrogens is 1. The summed E-state index contributed by atoms with van der Waals surface area (Å²) in [7, 11) is 3.47. The van der Waals surface area contributed by atoms with Crippen LogP contribution in [0.3, 0.4) is 0 Å². The highest BCUT2D eigenvalue weighted by Gasteiger charge is 2.12. The van der Waals surface area contributed by atoms with E-state index in [0.717, 1.165) is 11.3 Å². The van der Waals surface area contributed by atoms with Crippen LogP contribution in [0.5, 0.6) is 0 Å². The molecule has 0 spiro atoms. The van der Waals surface area contributed by atoms with Gasteiger partial charge in [0.1, 0.15) is 0 Å². The Labute approximate surface area is 129 Å². The van der Waals surface area contributed by atoms with Gasteiger partial charge in [-0.1, -0.05) is 17.8 Å². The van der Waals surface area contributed by atoms with Gasteiger partial charge in [-0.3, -0.25) is 14.3 Å². The Kier molecular flexibility index (Phi) is 3.64. The van der Waals surface area contributed by atoms with Gasteiger partial charge in [-0.05, 0) is 23.8 Å². The molecule has 0 amide bonds. The predicted molar refractivity (Wildman–Crippen MR) is 84.9 cm³/mol. The standard InChI is InChI=1S/C13H13N5OS2/c1-17-10-9(11(19)18(2)13(17)20)15-12(16-10)21-7-8-4-3-5-14-6-8/h3-6H,7H2,1-2H3,(H,15,16). The minimum absolute atomic E-state index is 0.158. The maximum Gasteiger partial charge on any atom is 0.280 e. The van der Waals surface area contributed by atoms with Gasteiger partial charge >= 0.3 is 0 Å². The van der Waals surface area contributed by atoms with Crippen LogP contribution in [0, 0.1) is 4.77 Å². The van der Waals surface area contributed by atoms with E-state index in [2.05, 4.69) is 15.0 Å². The maximum absolute atomic E-state index is 12.2. The van der Waals surface area contributed by atoms with E-state index in [0.29, 0.717) is 21.1 Å². The van der Waals surface area contributed by atoms with Crippen molar-refractivity contribution < 1.29 is 0 Å². The van der Waals surface area contributed by atoms with Crippen LogP contribution in [0.25, 0.3) is 11.2 Å². The van der Waals surface area contributed by atoms with Gasteiger partial charge in [-0.25, -0.2) is 4.98 Å². The Morgan fingerprint density at radius 1 is 1.38 bits per heavy atom. The summed E-state index contributed by atoms with van der Waals surface area (Å²) in [5.41, 5.74) is 2.00. The fourth-order valence-electron chi connectivity index (χ4n) is 2.01. The number of imidazole rings is 1. The van der Waals surface area contributed by atoms with E-state index in [4.69, 9.17) is 12.2 Å². The largest absolute Gasteiger partial charge is 0.327 e. The minimum atomic E-state index is -0.158. The minimum Gasteiger partial charge on any atom is -0.327 e. The molecule has 0 saturated carbocycles. The Bertz CT molecular complexity index is 910. The highest BCUT2D eigenvalue weighted by molar-refractivity contribution is 7.98. The number of aromatic amines is 1. The summed E-state index contributed by atoms with van der Waals surface area (Å²) >= 11 is 6.74. The van der Waals surface area contributed by atoms with Gasteiger partial charge < -0.3 is 9.55 Å². The first-order valence-corrected chi connectivity index (χ1v) is 7.64. The number of hydrogen-bond acceptors (Lipinski definition) is 5. The number of nitrogens with one attached hydrogen (secondary N) is 1. The molecule has 0 unspecified atom stereocenters. The third-order valence-electron chi connectivity index (χ3n) is 3.17. The zero-order valence-electron chi connectivity index (χ0n) is 11.5. The second-order valence-corrected chi connectivity index (χ2v) is 5.93. The fraction of sp³-hybridized carbons (Fsp3) is 0.231. The summed E-state index contributed by atoms with van der Waals surface area (Å²) in [6, 6.07) is 3.90. The lowest BCUT2D eigenvalue weighted by atomic mass is 10.3. The third kappa shape index (κ3) is 2.52. The van der Waals surface area contributed by atoms with Crippen molar-refractivity contribution in [1.82, 2.24) is 24.1 Å². The van der Waals surface area contributed by atoms with E-state index in [9.17, 15) is 4.79 Å². The summed E-state index contributed by atoms with van der Waals surface area (Å²) in [6.45, 7) is 0. The van der Waals surface area contributed by atoms with Crippen molar-refractivity contribution in [3.63, 3.8) is 0 Å². The lowest BCUT2D eigenvalue weighted by molar-refractivity contribution is 0.741. The molecule has 0 aliphatic rings. The molecule has 108 valence electrons. The van der Waals surface area contributed by atoms with Crippen molar-refractivity contribution in [2.24, 2.45) is 14.1 Å². The van der Waals surface area contributed by atoms with E-state index < -0.39 is 0 Å². The monoisotopic (exact) mass is 319 g/mol. The van der Waals surface area contributed by atoms with Crippen LogP contribution in [0.4, 0.5) is 0 Å². The summed E-state index contributed by atoms with van der Waals surface area (Å²) in [5.74, 6) is 0.735. The summed E-state index contributed by atoms with van der Waals surface area (Å²) in [6.07, 6.45) is 3.56. The number of rotatable bonds is 3. The summed E-state index contributed by atoms with van der Waals surface area (Å²) < 4.78 is 3.62. The van der Waals surface area contributed by atoms with Gasteiger partial charge in [0.15, 0.2) is 21.1 Å². The first kappa shape index (κ1) is 14.0. The number of aromatic nitrogens is 5. The SMILES string of the molecule is Cn1c(=O)c2[nH]c(SCc3cccnc3)nc2n(C)c1=S. The van der Waals surface area contributed by atoms with E-state index in [-0.39, 0.29) is 5.56 Å². The molecule has 0 atom stereocenters. The molecule has 3 rings (SSSR count). The molecule has 6 nitrogen and oxygen atoms in total. The number of aryl methyl sites for hydroxylation is 1. The molecule has 0 radical (unpaired) electrons. The van der Waals surface area contributed by atoms with Crippen molar-refractivity contribution in [2.45, 2.75) is 10.9 Å². The molecule has 1 N–H and O–H groups in total. The first-order valence-electron chi connectivity index (χ1n) is 6.25. The maximum atomic E-state index is 12.2. The molecule has 8 heteroatoms. The quantitative estimate of drug-likeness (QED) is 0.591. The lowest BCUT2D eigenvalue weighted by Crippen LogP contribution is -2.21. The molecule has 0 fully saturated rings. The van der Waals surface area contributed by atoms with E-state index in [1.807, 2.05) is 18.3 Å². The van der Waals surface area contributed by atoms with Crippen LogP contribution >= 0.6 is 24.0 Å². The van der Waals surface area contributed by atoms with Crippen molar-refractivity contribution in [1.29, 1.82) is 0 Å². The number of fused-ring (bicyclic) bond motifs is 1. The Morgan fingerprint density at radius 2 is 2.19 bits per heavy atom. The Morgan fingerprint density at radius 3 is 2.90 bits per heavy atom.